The number of hydrogen-bond acceptors (Lipinski definition) is 6. The van der Waals surface area contributed by atoms with Crippen LogP contribution in [0.4, 0.5) is 27.3 Å². The minimum Gasteiger partial charge on any atom is -0.378 e. The second kappa shape index (κ2) is 16.1. The maximum atomic E-state index is 14.6. The predicted octanol–water partition coefficient (Wildman–Crippen LogP) is 4.35. The highest BCUT2D eigenvalue weighted by atomic mass is 19.1. The lowest BCUT2D eigenvalue weighted by Gasteiger charge is -2.26. The lowest BCUT2D eigenvalue weighted by Crippen LogP contribution is -2.34. The van der Waals surface area contributed by atoms with Gasteiger partial charge in [-0.25, -0.2) is 4.39 Å². The smallest absolute Gasteiger partial charge is 0.256 e. The van der Waals surface area contributed by atoms with Crippen LogP contribution in [0.5, 0.6) is 0 Å². The zero-order valence-corrected chi connectivity index (χ0v) is 25.3. The van der Waals surface area contributed by atoms with E-state index in [-0.39, 0.29) is 28.3 Å². The lowest BCUT2D eigenvalue weighted by molar-refractivity contribution is -0.121. The third-order valence-electron chi connectivity index (χ3n) is 6.44. The largest absolute Gasteiger partial charge is 0.378 e. The van der Waals surface area contributed by atoms with Gasteiger partial charge in [0.15, 0.2) is 0 Å². The summed E-state index contributed by atoms with van der Waals surface area (Å²) < 4.78 is 20.8. The van der Waals surface area contributed by atoms with Crippen LogP contribution in [0.3, 0.4) is 0 Å². The number of pyridine rings is 1. The van der Waals surface area contributed by atoms with Gasteiger partial charge in [0.05, 0.1) is 24.6 Å². The normalized spacial score (nSPS) is 12.1. The fraction of sp³-hybridized carbons (Fsp3) is 0.355. The first-order valence-electron chi connectivity index (χ1n) is 13.7. The first kappa shape index (κ1) is 33.7. The molecule has 4 rings (SSSR count). The number of carbonyl (C=O) groups is 3. The van der Waals surface area contributed by atoms with E-state index >= 15 is 0 Å². The van der Waals surface area contributed by atoms with Crippen LogP contribution in [-0.2, 0) is 21.4 Å². The summed E-state index contributed by atoms with van der Waals surface area (Å²) in [5.41, 5.74) is 2.16. The second-order valence-electron chi connectivity index (χ2n) is 9.32. The molecule has 1 aromatic heterocycles. The number of benzene rings is 2. The van der Waals surface area contributed by atoms with Crippen LogP contribution in [0.15, 0.2) is 47.3 Å². The SMILES string of the molecule is CC.CNC(=O)c1c(N(C=O)c2cccc(C)c2)c(C)c(=O)n(C)c1Nc1ccc(C)cc1F.O=CN1CCOCC1. The van der Waals surface area contributed by atoms with E-state index in [1.54, 1.807) is 43.0 Å². The number of nitrogens with one attached hydrogen (secondary N) is 2. The summed E-state index contributed by atoms with van der Waals surface area (Å²) in [5, 5.41) is 5.44. The van der Waals surface area contributed by atoms with Gasteiger partial charge < -0.3 is 20.3 Å². The molecule has 10 nitrogen and oxygen atoms in total. The fourth-order valence-electron chi connectivity index (χ4n) is 4.26. The third kappa shape index (κ3) is 8.03. The molecule has 226 valence electrons. The number of carbonyl (C=O) groups excluding carboxylic acids is 3. The molecule has 3 amide bonds. The molecule has 0 spiro atoms. The summed E-state index contributed by atoms with van der Waals surface area (Å²) in [6.07, 6.45) is 1.42. The topological polar surface area (TPSA) is 113 Å². The average Bonchev–Trinajstić information content (AvgIpc) is 3.01. The molecule has 0 aliphatic carbocycles. The highest BCUT2D eigenvalue weighted by Crippen LogP contribution is 2.35. The van der Waals surface area contributed by atoms with Gasteiger partial charge in [0.2, 0.25) is 12.8 Å². The average molecular weight is 582 g/mol. The molecule has 0 unspecified atom stereocenters. The Labute approximate surface area is 246 Å². The molecule has 0 bridgehead atoms. The Morgan fingerprint density at radius 3 is 2.19 bits per heavy atom. The van der Waals surface area contributed by atoms with Crippen LogP contribution >= 0.6 is 0 Å². The number of aromatic nitrogens is 1. The van der Waals surface area contributed by atoms with Crippen molar-refractivity contribution in [3.63, 3.8) is 0 Å². The lowest BCUT2D eigenvalue weighted by atomic mass is 10.1. The summed E-state index contributed by atoms with van der Waals surface area (Å²) in [6.45, 7) is 12.1. The van der Waals surface area contributed by atoms with E-state index in [0.717, 1.165) is 30.6 Å². The first-order chi connectivity index (χ1) is 20.1. The molecule has 0 saturated carbocycles. The Morgan fingerprint density at radius 2 is 1.67 bits per heavy atom. The minimum atomic E-state index is -0.534. The standard InChI is InChI=1S/C24H25FN4O3.C5H9NO2.C2H6/c1-14-7-6-8-17(11-14)29(13-30)21-16(3)24(32)28(5)22(20(21)23(31)26-4)27-19-10-9-15(2)12-18(19)25;7-5-6-1-3-8-4-2-6;1-2/h6-13,27H,1-5H3,(H,26,31);5H,1-4H2;1-2H3. The van der Waals surface area contributed by atoms with Crippen LogP contribution in [0.25, 0.3) is 0 Å². The molecule has 1 aliphatic rings. The van der Waals surface area contributed by atoms with Crippen LogP contribution < -0.4 is 21.1 Å². The summed E-state index contributed by atoms with van der Waals surface area (Å²) in [4.78, 5) is 51.3. The number of aryl methyl sites for hydroxylation is 2. The second-order valence-corrected chi connectivity index (χ2v) is 9.32. The summed E-state index contributed by atoms with van der Waals surface area (Å²) in [5.74, 6) is -1.00. The minimum absolute atomic E-state index is 0.0423. The van der Waals surface area contributed by atoms with Gasteiger partial charge in [-0.1, -0.05) is 32.0 Å². The number of morpholine rings is 1. The zero-order valence-electron chi connectivity index (χ0n) is 25.3. The van der Waals surface area contributed by atoms with Crippen LogP contribution in [0.2, 0.25) is 0 Å². The van der Waals surface area contributed by atoms with Crippen molar-refractivity contribution in [2.45, 2.75) is 34.6 Å². The van der Waals surface area contributed by atoms with E-state index in [0.29, 0.717) is 25.3 Å². The highest BCUT2D eigenvalue weighted by Gasteiger charge is 2.28. The highest BCUT2D eigenvalue weighted by molar-refractivity contribution is 6.08. The Kier molecular flexibility index (Phi) is 12.9. The Balaban J connectivity index is 0.000000525. The zero-order chi connectivity index (χ0) is 31.4. The van der Waals surface area contributed by atoms with Gasteiger partial charge in [0.25, 0.3) is 11.5 Å². The number of ether oxygens (including phenoxy) is 1. The van der Waals surface area contributed by atoms with E-state index in [1.807, 2.05) is 26.8 Å². The maximum Gasteiger partial charge on any atom is 0.256 e. The number of amides is 3. The molecule has 11 heteroatoms. The number of halogens is 1. The van der Waals surface area contributed by atoms with Gasteiger partial charge in [0, 0.05) is 38.4 Å². The van der Waals surface area contributed by atoms with Crippen LogP contribution in [0, 0.1) is 26.6 Å². The maximum absolute atomic E-state index is 14.6. The van der Waals surface area contributed by atoms with Crippen LogP contribution in [0.1, 0.15) is 40.9 Å². The Hall–Kier alpha value is -4.51. The van der Waals surface area contributed by atoms with Crippen molar-refractivity contribution in [1.29, 1.82) is 0 Å². The fourth-order valence-corrected chi connectivity index (χ4v) is 4.26. The van der Waals surface area contributed by atoms with Crippen molar-refractivity contribution < 1.29 is 23.5 Å². The summed E-state index contributed by atoms with van der Waals surface area (Å²) in [7, 11) is 2.93. The number of nitrogens with zero attached hydrogens (tertiary/aromatic N) is 3. The number of hydrogen-bond donors (Lipinski definition) is 2. The predicted molar refractivity (Wildman–Crippen MR) is 163 cm³/mol. The Morgan fingerprint density at radius 1 is 1.02 bits per heavy atom. The molecule has 0 atom stereocenters. The van der Waals surface area contributed by atoms with Crippen molar-refractivity contribution in [3.8, 4) is 0 Å². The van der Waals surface area contributed by atoms with Crippen molar-refractivity contribution >= 4 is 41.6 Å². The van der Waals surface area contributed by atoms with Gasteiger partial charge in [0.1, 0.15) is 17.2 Å². The van der Waals surface area contributed by atoms with E-state index in [4.69, 9.17) is 4.74 Å². The van der Waals surface area contributed by atoms with Gasteiger partial charge in [-0.2, -0.15) is 0 Å². The molecular weight excluding hydrogens is 541 g/mol. The van der Waals surface area contributed by atoms with Crippen molar-refractivity contribution in [3.05, 3.63) is 80.9 Å². The Bertz CT molecular complexity index is 1450. The molecule has 1 fully saturated rings. The molecule has 1 saturated heterocycles. The molecule has 2 heterocycles. The van der Waals surface area contributed by atoms with Gasteiger partial charge in [-0.15, -0.1) is 0 Å². The van der Waals surface area contributed by atoms with E-state index in [2.05, 4.69) is 10.6 Å². The molecule has 1 aliphatic heterocycles. The molecular formula is C31H40FN5O5. The van der Waals surface area contributed by atoms with Crippen molar-refractivity contribution in [2.75, 3.05) is 43.6 Å². The monoisotopic (exact) mass is 581 g/mol. The molecule has 42 heavy (non-hydrogen) atoms. The van der Waals surface area contributed by atoms with Gasteiger partial charge >= 0.3 is 0 Å². The van der Waals surface area contributed by atoms with E-state index < -0.39 is 17.3 Å². The van der Waals surface area contributed by atoms with Crippen molar-refractivity contribution in [1.82, 2.24) is 14.8 Å². The molecule has 0 radical (unpaired) electrons. The molecule has 2 N–H and O–H groups in total. The quantitative estimate of drug-likeness (QED) is 0.401. The summed E-state index contributed by atoms with van der Waals surface area (Å²) in [6, 6.07) is 11.7. The number of anilines is 4. The van der Waals surface area contributed by atoms with Crippen molar-refractivity contribution in [2.24, 2.45) is 7.05 Å². The third-order valence-corrected chi connectivity index (χ3v) is 6.44. The molecule has 3 aromatic rings. The summed E-state index contributed by atoms with van der Waals surface area (Å²) >= 11 is 0. The first-order valence-corrected chi connectivity index (χ1v) is 13.7. The van der Waals surface area contributed by atoms with Crippen LogP contribution in [-0.4, -0.2) is 61.5 Å². The number of rotatable bonds is 7. The van der Waals surface area contributed by atoms with Gasteiger partial charge in [-0.05, 0) is 56.2 Å². The van der Waals surface area contributed by atoms with Gasteiger partial charge in [-0.3, -0.25) is 28.6 Å². The van der Waals surface area contributed by atoms with E-state index in [9.17, 15) is 23.6 Å². The van der Waals surface area contributed by atoms with E-state index in [1.165, 1.54) is 35.7 Å². The molecule has 2 aromatic carbocycles.